The number of benzene rings is 8. The number of imidazole rings is 1. The number of hydrogen-bond donors (Lipinski definition) is 0. The molecule has 11 aromatic rings. The van der Waals surface area contributed by atoms with Gasteiger partial charge in [0.1, 0.15) is 23.1 Å². The van der Waals surface area contributed by atoms with Gasteiger partial charge in [-0.25, -0.2) is 9.97 Å². The van der Waals surface area contributed by atoms with E-state index in [2.05, 4.69) is 214 Å². The van der Waals surface area contributed by atoms with Gasteiger partial charge < -0.3 is 4.74 Å². The largest absolute Gasteiger partial charge is 0.458 e. The zero-order valence-electron chi connectivity index (χ0n) is 38.7. The fourth-order valence-electron chi connectivity index (χ4n) is 11.4. The highest BCUT2D eigenvalue weighted by Crippen LogP contribution is 2.37. The molecule has 0 unspecified atom stereocenters. The number of ether oxygens (including phenoxy) is 1. The predicted molar refractivity (Wildman–Crippen MR) is 282 cm³/mol. The van der Waals surface area contributed by atoms with E-state index in [4.69, 9.17) is 14.7 Å². The second-order valence-electron chi connectivity index (χ2n) is 18.4. The standard InChI is InChI=1S/C60H48B2N4O/c1-37-18-15-19-38(2)56(37)61-47-25-8-9-26-48(47)62(57-39(3)20-16-21-40(57)4)58-49(61)34-43(60-64-50-27-10-12-29-52(50)66(60)59-41(5)22-17-23-42(59)6)35-54(58)67-44-31-32-46-45-24-7-11-28-51(45)65(53(46)36-44)55-30-13-14-33-63-55/h7-36H,1-6H3. The molecule has 0 N–H and O–H groups in total. The number of aromatic nitrogens is 4. The Morgan fingerprint density at radius 3 is 1.70 bits per heavy atom. The van der Waals surface area contributed by atoms with E-state index >= 15 is 0 Å². The van der Waals surface area contributed by atoms with Crippen LogP contribution in [-0.2, 0) is 0 Å². The van der Waals surface area contributed by atoms with Crippen molar-refractivity contribution >= 4 is 79.0 Å². The van der Waals surface area contributed by atoms with Crippen LogP contribution >= 0.6 is 0 Å². The molecule has 0 spiro atoms. The molecule has 5 nitrogen and oxygen atoms in total. The molecule has 8 aromatic carbocycles. The molecule has 0 amide bonds. The molecular formula is C60H48B2N4O. The lowest BCUT2D eigenvalue weighted by Gasteiger charge is -2.36. The summed E-state index contributed by atoms with van der Waals surface area (Å²) in [5, 5.41) is 2.31. The van der Waals surface area contributed by atoms with Gasteiger partial charge in [0, 0.05) is 28.6 Å². The summed E-state index contributed by atoms with van der Waals surface area (Å²) in [4.78, 5) is 10.4. The zero-order chi connectivity index (χ0) is 45.5. The molecule has 0 saturated carbocycles. The highest BCUT2D eigenvalue weighted by Gasteiger charge is 2.43. The number of aryl methyl sites for hydroxylation is 6. The second-order valence-corrected chi connectivity index (χ2v) is 18.4. The summed E-state index contributed by atoms with van der Waals surface area (Å²) in [5.74, 6) is 3.29. The molecule has 320 valence electrons. The molecule has 0 atom stereocenters. The van der Waals surface area contributed by atoms with E-state index in [1.54, 1.807) is 0 Å². The predicted octanol–water partition coefficient (Wildman–Crippen LogP) is 10.2. The lowest BCUT2D eigenvalue weighted by atomic mass is 9.20. The number of para-hydroxylation sites is 4. The van der Waals surface area contributed by atoms with Crippen molar-refractivity contribution in [1.82, 2.24) is 19.1 Å². The fourth-order valence-corrected chi connectivity index (χ4v) is 11.4. The van der Waals surface area contributed by atoms with Crippen molar-refractivity contribution in [3.05, 3.63) is 216 Å². The van der Waals surface area contributed by atoms with Crippen molar-refractivity contribution in [1.29, 1.82) is 0 Å². The van der Waals surface area contributed by atoms with Crippen molar-refractivity contribution in [2.24, 2.45) is 0 Å². The van der Waals surface area contributed by atoms with E-state index in [0.29, 0.717) is 0 Å². The molecule has 1 aliphatic rings. The molecule has 1 aliphatic heterocycles. The summed E-state index contributed by atoms with van der Waals surface area (Å²) >= 11 is 0. The Kier molecular flexibility index (Phi) is 9.65. The first-order valence-electron chi connectivity index (χ1n) is 23.3. The molecule has 12 rings (SSSR count). The van der Waals surface area contributed by atoms with E-state index in [0.717, 1.165) is 61.8 Å². The molecule has 0 bridgehead atoms. The van der Waals surface area contributed by atoms with Crippen LogP contribution in [0.4, 0.5) is 0 Å². The molecule has 0 radical (unpaired) electrons. The number of nitrogens with zero attached hydrogens (tertiary/aromatic N) is 4. The van der Waals surface area contributed by atoms with Crippen molar-refractivity contribution in [3.63, 3.8) is 0 Å². The van der Waals surface area contributed by atoms with E-state index in [1.807, 2.05) is 18.3 Å². The Labute approximate surface area is 392 Å². The highest BCUT2D eigenvalue weighted by molar-refractivity contribution is 7.12. The number of hydrogen-bond acceptors (Lipinski definition) is 3. The average Bonchev–Trinajstić information content (AvgIpc) is 3.88. The van der Waals surface area contributed by atoms with E-state index in [9.17, 15) is 0 Å². The summed E-state index contributed by atoms with van der Waals surface area (Å²) in [6.45, 7) is 13.3. The summed E-state index contributed by atoms with van der Waals surface area (Å²) in [6.07, 6.45) is 1.86. The van der Waals surface area contributed by atoms with Crippen LogP contribution < -0.4 is 37.5 Å². The van der Waals surface area contributed by atoms with Crippen LogP contribution in [0.25, 0.3) is 55.7 Å². The van der Waals surface area contributed by atoms with Gasteiger partial charge in [-0.1, -0.05) is 171 Å². The summed E-state index contributed by atoms with van der Waals surface area (Å²) in [5.41, 5.74) is 21.3. The Bertz CT molecular complexity index is 3710. The number of pyridine rings is 1. The summed E-state index contributed by atoms with van der Waals surface area (Å²) < 4.78 is 12.2. The minimum Gasteiger partial charge on any atom is -0.458 e. The van der Waals surface area contributed by atoms with Crippen LogP contribution in [0.15, 0.2) is 182 Å². The smallest absolute Gasteiger partial charge is 0.245 e. The fraction of sp³-hybridized carbons (Fsp3) is 0.100. The molecule has 3 aromatic heterocycles. The third kappa shape index (κ3) is 6.47. The lowest BCUT2D eigenvalue weighted by molar-refractivity contribution is 0.487. The van der Waals surface area contributed by atoms with Crippen molar-refractivity contribution in [3.8, 4) is 34.4 Å². The first kappa shape index (κ1) is 40.6. The molecule has 4 heterocycles. The summed E-state index contributed by atoms with van der Waals surface area (Å²) in [6, 6.07) is 63.5. The van der Waals surface area contributed by atoms with Crippen LogP contribution in [0, 0.1) is 41.5 Å². The molecule has 0 saturated heterocycles. The minimum atomic E-state index is -0.113. The van der Waals surface area contributed by atoms with Crippen LogP contribution in [-0.4, -0.2) is 32.5 Å². The van der Waals surface area contributed by atoms with Gasteiger partial charge in [-0.15, -0.1) is 0 Å². The van der Waals surface area contributed by atoms with Gasteiger partial charge in [-0.05, 0) is 107 Å². The monoisotopic (exact) mass is 862 g/mol. The average molecular weight is 863 g/mol. The van der Waals surface area contributed by atoms with E-state index in [1.165, 1.54) is 71.5 Å². The quantitative estimate of drug-likeness (QED) is 0.150. The van der Waals surface area contributed by atoms with Gasteiger partial charge in [0.2, 0.25) is 13.4 Å². The second kappa shape index (κ2) is 15.9. The van der Waals surface area contributed by atoms with E-state index in [-0.39, 0.29) is 13.4 Å². The first-order valence-corrected chi connectivity index (χ1v) is 23.3. The van der Waals surface area contributed by atoms with Gasteiger partial charge in [0.25, 0.3) is 0 Å². The highest BCUT2D eigenvalue weighted by atomic mass is 16.5. The number of fused-ring (bicyclic) bond motifs is 6. The molecule has 7 heteroatoms. The molecule has 67 heavy (non-hydrogen) atoms. The van der Waals surface area contributed by atoms with Gasteiger partial charge in [-0.2, -0.15) is 0 Å². The van der Waals surface area contributed by atoms with Gasteiger partial charge in [0.15, 0.2) is 0 Å². The van der Waals surface area contributed by atoms with Crippen molar-refractivity contribution < 1.29 is 4.74 Å². The molecule has 0 aliphatic carbocycles. The maximum Gasteiger partial charge on any atom is 0.245 e. The van der Waals surface area contributed by atoms with Crippen LogP contribution in [0.1, 0.15) is 33.4 Å². The first-order chi connectivity index (χ1) is 32.7. The third-order valence-electron chi connectivity index (χ3n) is 14.3. The summed E-state index contributed by atoms with van der Waals surface area (Å²) in [7, 11) is 0. The van der Waals surface area contributed by atoms with Gasteiger partial charge >= 0.3 is 0 Å². The Hall–Kier alpha value is -7.89. The Morgan fingerprint density at radius 1 is 0.433 bits per heavy atom. The Morgan fingerprint density at radius 2 is 1.01 bits per heavy atom. The van der Waals surface area contributed by atoms with E-state index < -0.39 is 0 Å². The van der Waals surface area contributed by atoms with Gasteiger partial charge in [0.05, 0.1) is 27.8 Å². The maximum atomic E-state index is 7.62. The van der Waals surface area contributed by atoms with Crippen molar-refractivity contribution in [2.75, 3.05) is 0 Å². The van der Waals surface area contributed by atoms with Crippen molar-refractivity contribution in [2.45, 2.75) is 41.5 Å². The minimum absolute atomic E-state index is 0.0810. The Balaban J connectivity index is 1.20. The third-order valence-corrected chi connectivity index (χ3v) is 14.3. The zero-order valence-corrected chi connectivity index (χ0v) is 38.7. The maximum absolute atomic E-state index is 7.62. The lowest BCUT2D eigenvalue weighted by Crippen LogP contribution is -2.76. The number of rotatable bonds is 7. The molecule has 0 fully saturated rings. The topological polar surface area (TPSA) is 44.9 Å². The normalized spacial score (nSPS) is 12.3. The SMILES string of the molecule is Cc1cccc(C)c1B1c2ccccc2B(c2c(C)cccc2C)c2c(Oc3ccc4c5ccccc5n(-c5ccccn5)c4c3)cc(-c3nc4ccccc4n3-c3c(C)cccc3C)cc21. The van der Waals surface area contributed by atoms with Crippen LogP contribution in [0.3, 0.4) is 0 Å². The van der Waals surface area contributed by atoms with Crippen LogP contribution in [0.5, 0.6) is 11.5 Å². The van der Waals surface area contributed by atoms with Crippen LogP contribution in [0.2, 0.25) is 0 Å². The van der Waals surface area contributed by atoms with Gasteiger partial charge in [-0.3, -0.25) is 9.13 Å². The molecular weight excluding hydrogens is 814 g/mol.